The number of benzene rings is 2. The van der Waals surface area contributed by atoms with Crippen LogP contribution in [0.3, 0.4) is 0 Å². The van der Waals surface area contributed by atoms with Crippen LogP contribution in [0.15, 0.2) is 64.1 Å². The van der Waals surface area contributed by atoms with Gasteiger partial charge in [-0.25, -0.2) is 4.79 Å². The fraction of sp³-hybridized carbons (Fsp3) is 0.250. The number of carbonyl (C=O) groups excluding carboxylic acids is 1. The molecule has 13 heteroatoms. The van der Waals surface area contributed by atoms with Crippen molar-refractivity contribution in [3.63, 3.8) is 0 Å². The minimum absolute atomic E-state index is 0.217. The number of hydrogen-bond acceptors (Lipinski definition) is 12. The van der Waals surface area contributed by atoms with Crippen LogP contribution in [0.5, 0.6) is 11.5 Å². The van der Waals surface area contributed by atoms with Crippen molar-refractivity contribution in [2.24, 2.45) is 0 Å². The van der Waals surface area contributed by atoms with Gasteiger partial charge >= 0.3 is 5.97 Å². The van der Waals surface area contributed by atoms with Gasteiger partial charge in [-0.05, 0) is 29.5 Å². The van der Waals surface area contributed by atoms with E-state index in [1.54, 1.807) is 38.0 Å². The normalized spacial score (nSPS) is 14.6. The lowest BCUT2D eigenvalue weighted by atomic mass is 9.94. The van der Waals surface area contributed by atoms with Crippen LogP contribution in [0.25, 0.3) is 10.6 Å². The maximum absolute atomic E-state index is 13.3. The van der Waals surface area contributed by atoms with E-state index in [0.717, 1.165) is 14.9 Å². The van der Waals surface area contributed by atoms with Crippen molar-refractivity contribution in [3.8, 4) is 22.1 Å². The summed E-state index contributed by atoms with van der Waals surface area (Å²) in [6, 6.07) is 14.6. The molecular weight excluding hydrogens is 514 g/mol. The van der Waals surface area contributed by atoms with Gasteiger partial charge < -0.3 is 19.5 Å². The van der Waals surface area contributed by atoms with Crippen LogP contribution in [-0.2, 0) is 9.53 Å². The van der Waals surface area contributed by atoms with Crippen LogP contribution < -0.4 is 14.8 Å². The molecule has 0 aliphatic carbocycles. The van der Waals surface area contributed by atoms with Crippen LogP contribution in [0.4, 0.5) is 5.95 Å². The summed E-state index contributed by atoms with van der Waals surface area (Å²) in [7, 11) is 3.14. The second-order valence-corrected chi connectivity index (χ2v) is 9.92. The summed E-state index contributed by atoms with van der Waals surface area (Å²) in [5, 5.41) is 24.8. The summed E-state index contributed by atoms with van der Waals surface area (Å²) < 4.78 is 18.8. The second kappa shape index (κ2) is 11.0. The minimum atomic E-state index is -0.684. The molecule has 190 valence electrons. The summed E-state index contributed by atoms with van der Waals surface area (Å²) in [6.07, 6.45) is 0. The molecule has 2 aromatic carbocycles. The van der Waals surface area contributed by atoms with Crippen LogP contribution in [0, 0.1) is 0 Å². The van der Waals surface area contributed by atoms with Crippen molar-refractivity contribution in [2.75, 3.05) is 31.9 Å². The molecule has 1 aliphatic heterocycles. The summed E-state index contributed by atoms with van der Waals surface area (Å²) in [5.74, 6) is 1.46. The number of tetrazole rings is 1. The average molecular weight is 538 g/mol. The first-order valence-electron chi connectivity index (χ1n) is 11.3. The zero-order chi connectivity index (χ0) is 25.8. The lowest BCUT2D eigenvalue weighted by Crippen LogP contribution is -2.31. The Bertz CT molecular complexity index is 1440. The van der Waals surface area contributed by atoms with Gasteiger partial charge in [0.05, 0.1) is 26.4 Å². The van der Waals surface area contributed by atoms with E-state index in [9.17, 15) is 4.79 Å². The Labute approximate surface area is 220 Å². The number of nitrogens with one attached hydrogen (secondary N) is 1. The number of carbonyl (C=O) groups is 1. The molecule has 3 heterocycles. The first-order valence-corrected chi connectivity index (χ1v) is 13.1. The van der Waals surface area contributed by atoms with Gasteiger partial charge in [0.15, 0.2) is 4.34 Å². The molecule has 5 rings (SSSR count). The third-order valence-corrected chi connectivity index (χ3v) is 7.73. The van der Waals surface area contributed by atoms with Crippen molar-refractivity contribution in [1.82, 2.24) is 30.4 Å². The predicted molar refractivity (Wildman–Crippen MR) is 139 cm³/mol. The van der Waals surface area contributed by atoms with Gasteiger partial charge in [-0.1, -0.05) is 58.5 Å². The Morgan fingerprint density at radius 1 is 1.11 bits per heavy atom. The highest BCUT2D eigenvalue weighted by Gasteiger charge is 2.38. The number of thioether (sulfide) groups is 1. The summed E-state index contributed by atoms with van der Waals surface area (Å²) in [4.78, 5) is 13.3. The van der Waals surface area contributed by atoms with Crippen molar-refractivity contribution in [2.45, 2.75) is 17.3 Å². The quantitative estimate of drug-likeness (QED) is 0.247. The van der Waals surface area contributed by atoms with E-state index in [1.807, 2.05) is 36.4 Å². The van der Waals surface area contributed by atoms with E-state index in [0.29, 0.717) is 40.0 Å². The summed E-state index contributed by atoms with van der Waals surface area (Å²) >= 11 is 2.94. The number of nitrogens with zero attached hydrogens (tertiary/aromatic N) is 6. The van der Waals surface area contributed by atoms with E-state index in [2.05, 4.69) is 31.0 Å². The molecular formula is C24H23N7O4S2. The summed E-state index contributed by atoms with van der Waals surface area (Å²) in [6.45, 7) is 1.98. The van der Waals surface area contributed by atoms with E-state index >= 15 is 0 Å². The number of anilines is 1. The molecule has 0 radical (unpaired) electrons. The largest absolute Gasteiger partial charge is 0.497 e. The van der Waals surface area contributed by atoms with Crippen molar-refractivity contribution >= 4 is 35.0 Å². The number of ether oxygens (including phenoxy) is 3. The zero-order valence-electron chi connectivity index (χ0n) is 20.2. The van der Waals surface area contributed by atoms with Crippen LogP contribution >= 0.6 is 23.1 Å². The average Bonchev–Trinajstić information content (AvgIpc) is 3.61. The maximum atomic E-state index is 13.3. The fourth-order valence-corrected chi connectivity index (χ4v) is 5.75. The van der Waals surface area contributed by atoms with E-state index < -0.39 is 12.0 Å². The Morgan fingerprint density at radius 2 is 1.95 bits per heavy atom. The monoisotopic (exact) mass is 537 g/mol. The highest BCUT2D eigenvalue weighted by atomic mass is 32.2. The molecule has 2 aromatic heterocycles. The number of rotatable bonds is 9. The predicted octanol–water partition coefficient (Wildman–Crippen LogP) is 3.83. The van der Waals surface area contributed by atoms with Gasteiger partial charge in [-0.2, -0.15) is 4.68 Å². The molecule has 0 amide bonds. The number of fused-ring (bicyclic) bond motifs is 1. The highest BCUT2D eigenvalue weighted by Crippen LogP contribution is 2.41. The second-order valence-electron chi connectivity index (χ2n) is 7.72. The van der Waals surface area contributed by atoms with Gasteiger partial charge in [0.25, 0.3) is 0 Å². The van der Waals surface area contributed by atoms with Crippen LogP contribution in [0.1, 0.15) is 18.5 Å². The molecule has 0 saturated heterocycles. The topological polar surface area (TPSA) is 126 Å². The van der Waals surface area contributed by atoms with Gasteiger partial charge in [0.2, 0.25) is 5.95 Å². The molecule has 0 spiro atoms. The lowest BCUT2D eigenvalue weighted by Gasteiger charge is -2.29. The zero-order valence-corrected chi connectivity index (χ0v) is 21.9. The molecule has 0 bridgehead atoms. The molecule has 37 heavy (non-hydrogen) atoms. The Morgan fingerprint density at radius 3 is 2.70 bits per heavy atom. The third kappa shape index (κ3) is 5.00. The fourth-order valence-electron chi connectivity index (χ4n) is 3.93. The Balaban J connectivity index is 1.53. The molecule has 1 unspecified atom stereocenters. The van der Waals surface area contributed by atoms with Crippen molar-refractivity contribution in [3.05, 3.63) is 65.4 Å². The Hall–Kier alpha value is -3.97. The maximum Gasteiger partial charge on any atom is 0.338 e. The van der Waals surface area contributed by atoms with Gasteiger partial charge in [0, 0.05) is 28.6 Å². The first-order chi connectivity index (χ1) is 18.1. The smallest absolute Gasteiger partial charge is 0.338 e. The molecule has 1 atom stereocenters. The number of methoxy groups -OCH3 is 2. The Kier molecular flexibility index (Phi) is 7.32. The van der Waals surface area contributed by atoms with E-state index in [4.69, 9.17) is 14.2 Å². The number of esters is 1. The standard InChI is InChI=1S/C24H23N7O4S2/c1-4-35-22(32)19-17(13-36-24-28-26-21(37-24)14-8-6-5-7-9-14)25-23-27-29-30-31(23)20(19)16-11-10-15(33-2)12-18(16)34-3/h5-12,20H,4,13H2,1-3H3,(H,25,27,30). The van der Waals surface area contributed by atoms with E-state index in [1.165, 1.54) is 23.1 Å². The molecule has 11 nitrogen and oxygen atoms in total. The minimum Gasteiger partial charge on any atom is -0.497 e. The number of aromatic nitrogens is 6. The summed E-state index contributed by atoms with van der Waals surface area (Å²) in [5.41, 5.74) is 2.68. The van der Waals surface area contributed by atoms with Gasteiger partial charge in [0.1, 0.15) is 22.5 Å². The van der Waals surface area contributed by atoms with Crippen LogP contribution in [0.2, 0.25) is 0 Å². The first kappa shape index (κ1) is 24.7. The molecule has 0 fully saturated rings. The SMILES string of the molecule is CCOC(=O)C1=C(CSc2nnc(-c3ccccc3)s2)Nc2nnnn2C1c1ccc(OC)cc1OC. The van der Waals surface area contributed by atoms with Crippen molar-refractivity contribution < 1.29 is 19.0 Å². The van der Waals surface area contributed by atoms with Crippen molar-refractivity contribution in [1.29, 1.82) is 0 Å². The molecule has 0 saturated carbocycles. The van der Waals surface area contributed by atoms with Gasteiger partial charge in [-0.15, -0.1) is 10.2 Å². The lowest BCUT2D eigenvalue weighted by molar-refractivity contribution is -0.139. The molecule has 1 N–H and O–H groups in total. The highest BCUT2D eigenvalue weighted by molar-refractivity contribution is 8.01. The van der Waals surface area contributed by atoms with Gasteiger partial charge in [-0.3, -0.25) is 0 Å². The van der Waals surface area contributed by atoms with Crippen LogP contribution in [-0.4, -0.2) is 63.0 Å². The van der Waals surface area contributed by atoms with E-state index in [-0.39, 0.29) is 6.61 Å². The number of hydrogen-bond donors (Lipinski definition) is 1. The molecule has 4 aromatic rings. The third-order valence-electron chi connectivity index (χ3n) is 5.60. The molecule has 1 aliphatic rings.